The van der Waals surface area contributed by atoms with E-state index in [4.69, 9.17) is 0 Å². The number of hydrogen-bond donors (Lipinski definition) is 2. The lowest BCUT2D eigenvalue weighted by Gasteiger charge is -2.31. The summed E-state index contributed by atoms with van der Waals surface area (Å²) in [5.74, 6) is -0.309. The van der Waals surface area contributed by atoms with Gasteiger partial charge in [-0.1, -0.05) is 32.9 Å². The van der Waals surface area contributed by atoms with Crippen molar-refractivity contribution in [2.24, 2.45) is 0 Å². The predicted molar refractivity (Wildman–Crippen MR) is 113 cm³/mol. The van der Waals surface area contributed by atoms with E-state index < -0.39 is 0 Å². The summed E-state index contributed by atoms with van der Waals surface area (Å²) in [6.45, 7) is 10.8. The van der Waals surface area contributed by atoms with Crippen molar-refractivity contribution in [3.8, 4) is 0 Å². The first-order valence-electron chi connectivity index (χ1n) is 9.97. The van der Waals surface area contributed by atoms with E-state index in [1.54, 1.807) is 12.1 Å². The SMILES string of the molecule is CC(C)(C)c1cc(C(=O)NCCc2ccc(F)cc2)cc(N2CCNCC2)c1. The standard InChI is InChI=1S/C23H30FN3O/c1-23(2,3)19-14-18(15-21(16-19)27-12-10-25-11-13-27)22(28)26-9-8-17-4-6-20(24)7-5-17/h4-7,14-16,25H,8-13H2,1-3H3,(H,26,28). The highest BCUT2D eigenvalue weighted by Crippen LogP contribution is 2.28. The Labute approximate surface area is 167 Å². The summed E-state index contributed by atoms with van der Waals surface area (Å²) in [7, 11) is 0. The second-order valence-corrected chi connectivity index (χ2v) is 8.39. The molecule has 4 nitrogen and oxygen atoms in total. The van der Waals surface area contributed by atoms with Gasteiger partial charge in [-0.3, -0.25) is 4.79 Å². The molecule has 0 unspecified atom stereocenters. The van der Waals surface area contributed by atoms with Crippen molar-refractivity contribution >= 4 is 11.6 Å². The number of anilines is 1. The average molecular weight is 384 g/mol. The van der Waals surface area contributed by atoms with Crippen molar-refractivity contribution < 1.29 is 9.18 Å². The summed E-state index contributed by atoms with van der Waals surface area (Å²) < 4.78 is 13.0. The lowest BCUT2D eigenvalue weighted by Crippen LogP contribution is -2.43. The van der Waals surface area contributed by atoms with Crippen LogP contribution >= 0.6 is 0 Å². The summed E-state index contributed by atoms with van der Waals surface area (Å²) >= 11 is 0. The number of halogens is 1. The van der Waals surface area contributed by atoms with Crippen LogP contribution in [0, 0.1) is 5.82 Å². The zero-order valence-corrected chi connectivity index (χ0v) is 17.0. The van der Waals surface area contributed by atoms with Gasteiger partial charge in [-0.2, -0.15) is 0 Å². The molecule has 2 aromatic carbocycles. The Kier molecular flexibility index (Phi) is 6.35. The third-order valence-electron chi connectivity index (χ3n) is 5.14. The van der Waals surface area contributed by atoms with E-state index in [2.05, 4.69) is 42.4 Å². The summed E-state index contributed by atoms with van der Waals surface area (Å²) in [6.07, 6.45) is 0.676. The first-order chi connectivity index (χ1) is 13.3. The number of amides is 1. The average Bonchev–Trinajstić information content (AvgIpc) is 2.69. The highest BCUT2D eigenvalue weighted by Gasteiger charge is 2.20. The molecule has 2 aromatic rings. The van der Waals surface area contributed by atoms with Gasteiger partial charge < -0.3 is 15.5 Å². The van der Waals surface area contributed by atoms with Crippen molar-refractivity contribution in [2.45, 2.75) is 32.6 Å². The summed E-state index contributed by atoms with van der Waals surface area (Å²) in [5, 5.41) is 6.38. The molecule has 1 aliphatic rings. The molecule has 1 saturated heterocycles. The topological polar surface area (TPSA) is 44.4 Å². The molecule has 1 fully saturated rings. The van der Waals surface area contributed by atoms with E-state index in [0.717, 1.165) is 43.0 Å². The van der Waals surface area contributed by atoms with E-state index in [1.807, 2.05) is 12.1 Å². The quantitative estimate of drug-likeness (QED) is 0.831. The summed E-state index contributed by atoms with van der Waals surface area (Å²) in [5.41, 5.74) is 3.93. The Morgan fingerprint density at radius 3 is 2.43 bits per heavy atom. The van der Waals surface area contributed by atoms with Gasteiger partial charge in [0, 0.05) is 44.0 Å². The molecule has 5 heteroatoms. The summed E-state index contributed by atoms with van der Waals surface area (Å²) in [4.78, 5) is 15.1. The van der Waals surface area contributed by atoms with Gasteiger partial charge in [-0.25, -0.2) is 4.39 Å². The van der Waals surface area contributed by atoms with Crippen molar-refractivity contribution in [2.75, 3.05) is 37.6 Å². The highest BCUT2D eigenvalue weighted by atomic mass is 19.1. The van der Waals surface area contributed by atoms with Crippen LogP contribution in [0.5, 0.6) is 0 Å². The molecule has 0 radical (unpaired) electrons. The maximum absolute atomic E-state index is 13.0. The molecule has 0 aliphatic carbocycles. The van der Waals surface area contributed by atoms with Gasteiger partial charge >= 0.3 is 0 Å². The Hall–Kier alpha value is -2.40. The minimum atomic E-state index is -0.243. The first kappa shape index (κ1) is 20.3. The van der Waals surface area contributed by atoms with Crippen molar-refractivity contribution in [1.29, 1.82) is 0 Å². The maximum Gasteiger partial charge on any atom is 0.251 e. The van der Waals surface area contributed by atoms with E-state index >= 15 is 0 Å². The monoisotopic (exact) mass is 383 g/mol. The van der Waals surface area contributed by atoms with Gasteiger partial charge in [0.1, 0.15) is 5.82 Å². The largest absolute Gasteiger partial charge is 0.369 e. The molecule has 2 N–H and O–H groups in total. The number of hydrogen-bond acceptors (Lipinski definition) is 3. The number of nitrogens with one attached hydrogen (secondary N) is 2. The lowest BCUT2D eigenvalue weighted by atomic mass is 9.85. The third kappa shape index (κ3) is 5.32. The Balaban J connectivity index is 1.73. The fourth-order valence-electron chi connectivity index (χ4n) is 3.35. The van der Waals surface area contributed by atoms with Crippen molar-refractivity contribution in [3.63, 3.8) is 0 Å². The molecule has 28 heavy (non-hydrogen) atoms. The van der Waals surface area contributed by atoms with Gasteiger partial charge in [0.25, 0.3) is 5.91 Å². The van der Waals surface area contributed by atoms with Crippen LogP contribution in [0.25, 0.3) is 0 Å². The molecule has 0 aromatic heterocycles. The van der Waals surface area contributed by atoms with E-state index in [1.165, 1.54) is 12.1 Å². The second-order valence-electron chi connectivity index (χ2n) is 8.39. The van der Waals surface area contributed by atoms with E-state index in [0.29, 0.717) is 18.5 Å². The van der Waals surface area contributed by atoms with Crippen LogP contribution in [0.4, 0.5) is 10.1 Å². The zero-order chi connectivity index (χ0) is 20.1. The Morgan fingerprint density at radius 2 is 1.79 bits per heavy atom. The molecule has 0 bridgehead atoms. The fourth-order valence-corrected chi connectivity index (χ4v) is 3.35. The number of rotatable bonds is 5. The third-order valence-corrected chi connectivity index (χ3v) is 5.14. The molecule has 150 valence electrons. The van der Waals surface area contributed by atoms with E-state index in [9.17, 15) is 9.18 Å². The molecular formula is C23H30FN3O. The molecule has 3 rings (SSSR count). The molecule has 1 amide bonds. The van der Waals surface area contributed by atoms with Gasteiger partial charge in [0.2, 0.25) is 0 Å². The Morgan fingerprint density at radius 1 is 1.11 bits per heavy atom. The second kappa shape index (κ2) is 8.74. The number of nitrogens with zero attached hydrogens (tertiary/aromatic N) is 1. The maximum atomic E-state index is 13.0. The predicted octanol–water partition coefficient (Wildman–Crippen LogP) is 3.51. The molecule has 1 heterocycles. The minimum Gasteiger partial charge on any atom is -0.369 e. The molecule has 0 saturated carbocycles. The molecule has 0 atom stereocenters. The molecule has 1 aliphatic heterocycles. The van der Waals surface area contributed by atoms with Gasteiger partial charge in [-0.05, 0) is 53.3 Å². The first-order valence-corrected chi connectivity index (χ1v) is 9.97. The minimum absolute atomic E-state index is 0.0345. The number of benzene rings is 2. The van der Waals surface area contributed by atoms with Crippen molar-refractivity contribution in [1.82, 2.24) is 10.6 Å². The lowest BCUT2D eigenvalue weighted by molar-refractivity contribution is 0.0954. The highest BCUT2D eigenvalue weighted by molar-refractivity contribution is 5.95. The number of carbonyl (C=O) groups excluding carboxylic acids is 1. The van der Waals surface area contributed by atoms with Gasteiger partial charge in [-0.15, -0.1) is 0 Å². The number of piperazine rings is 1. The van der Waals surface area contributed by atoms with Crippen LogP contribution in [0.1, 0.15) is 42.3 Å². The molecule has 0 spiro atoms. The van der Waals surface area contributed by atoms with Crippen LogP contribution in [-0.4, -0.2) is 38.6 Å². The van der Waals surface area contributed by atoms with Gasteiger partial charge in [0.05, 0.1) is 0 Å². The van der Waals surface area contributed by atoms with Gasteiger partial charge in [0.15, 0.2) is 0 Å². The van der Waals surface area contributed by atoms with Crippen LogP contribution in [0.15, 0.2) is 42.5 Å². The van der Waals surface area contributed by atoms with E-state index in [-0.39, 0.29) is 17.1 Å². The van der Waals surface area contributed by atoms with Crippen molar-refractivity contribution in [3.05, 3.63) is 65.0 Å². The van der Waals surface area contributed by atoms with Crippen LogP contribution < -0.4 is 15.5 Å². The smallest absolute Gasteiger partial charge is 0.251 e. The fraction of sp³-hybridized carbons (Fsp3) is 0.435. The molecular weight excluding hydrogens is 353 g/mol. The van der Waals surface area contributed by atoms with Crippen LogP contribution in [0.2, 0.25) is 0 Å². The number of carbonyl (C=O) groups is 1. The van der Waals surface area contributed by atoms with Crippen LogP contribution in [-0.2, 0) is 11.8 Å². The normalized spacial score (nSPS) is 14.8. The Bertz CT molecular complexity index is 806. The van der Waals surface area contributed by atoms with Crippen LogP contribution in [0.3, 0.4) is 0 Å². The summed E-state index contributed by atoms with van der Waals surface area (Å²) in [6, 6.07) is 12.6. The zero-order valence-electron chi connectivity index (χ0n) is 17.0.